The second kappa shape index (κ2) is 9.84. The topological polar surface area (TPSA) is 87.1 Å². The summed E-state index contributed by atoms with van der Waals surface area (Å²) >= 11 is 6.29. The first kappa shape index (κ1) is 21.4. The van der Waals surface area contributed by atoms with Crippen molar-refractivity contribution in [2.45, 2.75) is 6.54 Å². The van der Waals surface area contributed by atoms with Crippen molar-refractivity contribution >= 4 is 53.1 Å². The molecule has 0 atom stereocenters. The number of hydrogen-bond acceptors (Lipinski definition) is 4. The van der Waals surface area contributed by atoms with Crippen LogP contribution in [0.25, 0.3) is 0 Å². The Morgan fingerprint density at radius 3 is 2.52 bits per heavy atom. The SMILES string of the molecule is CN=C(NCc1ccc(C(N)=O)o1)N1CCN(c2ccccc2Cl)CC1.I. The highest BCUT2D eigenvalue weighted by Gasteiger charge is 2.21. The van der Waals surface area contributed by atoms with Crippen LogP contribution in [0.2, 0.25) is 5.02 Å². The van der Waals surface area contributed by atoms with E-state index in [2.05, 4.69) is 20.1 Å². The molecule has 3 rings (SSSR count). The fourth-order valence-electron chi connectivity index (χ4n) is 2.97. The minimum Gasteiger partial charge on any atom is -0.454 e. The van der Waals surface area contributed by atoms with Gasteiger partial charge in [0.2, 0.25) is 0 Å². The van der Waals surface area contributed by atoms with Crippen LogP contribution in [0.1, 0.15) is 16.3 Å². The molecule has 1 saturated heterocycles. The number of piperazine rings is 1. The molecule has 1 aliphatic rings. The second-order valence-electron chi connectivity index (χ2n) is 5.96. The van der Waals surface area contributed by atoms with Crippen molar-refractivity contribution in [1.29, 1.82) is 0 Å². The van der Waals surface area contributed by atoms with Crippen LogP contribution in [0.4, 0.5) is 5.69 Å². The monoisotopic (exact) mass is 503 g/mol. The van der Waals surface area contributed by atoms with Crippen LogP contribution in [0.15, 0.2) is 45.8 Å². The van der Waals surface area contributed by atoms with Crippen molar-refractivity contribution in [2.75, 3.05) is 38.1 Å². The van der Waals surface area contributed by atoms with Gasteiger partial charge in [0, 0.05) is 33.2 Å². The molecule has 2 aromatic rings. The number of primary amides is 1. The number of furan rings is 1. The van der Waals surface area contributed by atoms with Crippen molar-refractivity contribution in [3.8, 4) is 0 Å². The van der Waals surface area contributed by atoms with E-state index in [0.29, 0.717) is 12.3 Å². The Labute approximate surface area is 180 Å². The number of carbonyl (C=O) groups excluding carboxylic acids is 1. The van der Waals surface area contributed by atoms with E-state index in [0.717, 1.165) is 42.8 Å². The molecular weight excluding hydrogens is 481 g/mol. The van der Waals surface area contributed by atoms with E-state index in [1.54, 1.807) is 19.2 Å². The number of amides is 1. The third kappa shape index (κ3) is 5.29. The summed E-state index contributed by atoms with van der Waals surface area (Å²) in [7, 11) is 1.75. The molecule has 0 unspecified atom stereocenters. The van der Waals surface area contributed by atoms with Crippen molar-refractivity contribution < 1.29 is 9.21 Å². The van der Waals surface area contributed by atoms with E-state index < -0.39 is 5.91 Å². The van der Waals surface area contributed by atoms with Crippen LogP contribution in [0, 0.1) is 0 Å². The molecule has 0 radical (unpaired) electrons. The number of para-hydroxylation sites is 1. The predicted octanol–water partition coefficient (Wildman–Crippen LogP) is 2.55. The van der Waals surface area contributed by atoms with Gasteiger partial charge in [-0.1, -0.05) is 23.7 Å². The van der Waals surface area contributed by atoms with Crippen LogP contribution in [-0.2, 0) is 6.54 Å². The molecule has 1 aromatic carbocycles. The molecule has 146 valence electrons. The number of nitrogens with zero attached hydrogens (tertiary/aromatic N) is 3. The maximum absolute atomic E-state index is 11.1. The number of nitrogens with two attached hydrogens (primary N) is 1. The standard InChI is InChI=1S/C18H22ClN5O2.HI/c1-21-18(22-12-13-6-7-16(26-13)17(20)25)24-10-8-23(9-11-24)15-5-3-2-4-14(15)19;/h2-7H,8-12H2,1H3,(H2,20,25)(H,21,22);1H. The summed E-state index contributed by atoms with van der Waals surface area (Å²) < 4.78 is 5.38. The Bertz CT molecular complexity index is 803. The number of aliphatic imine (C=N–C) groups is 1. The summed E-state index contributed by atoms with van der Waals surface area (Å²) in [5, 5.41) is 4.03. The second-order valence-corrected chi connectivity index (χ2v) is 6.36. The van der Waals surface area contributed by atoms with Gasteiger partial charge in [-0.25, -0.2) is 0 Å². The molecule has 1 amide bonds. The van der Waals surface area contributed by atoms with Gasteiger partial charge in [-0.05, 0) is 24.3 Å². The molecule has 3 N–H and O–H groups in total. The fraction of sp³-hybridized carbons (Fsp3) is 0.333. The quantitative estimate of drug-likeness (QED) is 0.380. The van der Waals surface area contributed by atoms with Gasteiger partial charge < -0.3 is 25.3 Å². The summed E-state index contributed by atoms with van der Waals surface area (Å²) in [4.78, 5) is 19.9. The summed E-state index contributed by atoms with van der Waals surface area (Å²) in [6.45, 7) is 3.81. The van der Waals surface area contributed by atoms with Crippen molar-refractivity contribution in [2.24, 2.45) is 10.7 Å². The average molecular weight is 504 g/mol. The van der Waals surface area contributed by atoms with Gasteiger partial charge in [-0.3, -0.25) is 9.79 Å². The van der Waals surface area contributed by atoms with Crippen LogP contribution in [-0.4, -0.2) is 50.0 Å². The molecule has 1 fully saturated rings. The minimum absolute atomic E-state index is 0. The number of guanidine groups is 1. The molecule has 2 heterocycles. The number of nitrogens with one attached hydrogen (secondary N) is 1. The minimum atomic E-state index is -0.573. The fourth-order valence-corrected chi connectivity index (χ4v) is 3.23. The van der Waals surface area contributed by atoms with Gasteiger partial charge in [0.15, 0.2) is 11.7 Å². The highest BCUT2D eigenvalue weighted by atomic mass is 127. The zero-order valence-corrected chi connectivity index (χ0v) is 18.1. The van der Waals surface area contributed by atoms with E-state index in [9.17, 15) is 4.79 Å². The predicted molar refractivity (Wildman–Crippen MR) is 118 cm³/mol. The van der Waals surface area contributed by atoms with E-state index in [-0.39, 0.29) is 29.7 Å². The summed E-state index contributed by atoms with van der Waals surface area (Å²) in [6, 6.07) is 11.2. The van der Waals surface area contributed by atoms with Crippen molar-refractivity contribution in [3.63, 3.8) is 0 Å². The molecule has 9 heteroatoms. The highest BCUT2D eigenvalue weighted by Crippen LogP contribution is 2.26. The van der Waals surface area contributed by atoms with Gasteiger partial charge in [0.25, 0.3) is 5.91 Å². The Kier molecular flexibility index (Phi) is 7.78. The smallest absolute Gasteiger partial charge is 0.284 e. The lowest BCUT2D eigenvalue weighted by atomic mass is 10.2. The first-order valence-corrected chi connectivity index (χ1v) is 8.80. The summed E-state index contributed by atoms with van der Waals surface area (Å²) in [5.41, 5.74) is 6.26. The molecule has 1 aromatic heterocycles. The molecule has 0 spiro atoms. The lowest BCUT2D eigenvalue weighted by Gasteiger charge is -2.38. The molecule has 7 nitrogen and oxygen atoms in total. The largest absolute Gasteiger partial charge is 0.454 e. The highest BCUT2D eigenvalue weighted by molar-refractivity contribution is 14.0. The van der Waals surface area contributed by atoms with Crippen LogP contribution in [0.3, 0.4) is 0 Å². The Balaban J connectivity index is 0.00000261. The van der Waals surface area contributed by atoms with Gasteiger partial charge in [0.1, 0.15) is 5.76 Å². The van der Waals surface area contributed by atoms with Gasteiger partial charge in [0.05, 0.1) is 17.3 Å². The number of halogens is 2. The first-order chi connectivity index (χ1) is 12.6. The molecule has 0 bridgehead atoms. The Hall–Kier alpha value is -1.94. The first-order valence-electron chi connectivity index (χ1n) is 8.42. The van der Waals surface area contributed by atoms with Gasteiger partial charge in [-0.15, -0.1) is 24.0 Å². The zero-order chi connectivity index (χ0) is 18.5. The van der Waals surface area contributed by atoms with Crippen LogP contribution < -0.4 is 16.0 Å². The molecule has 0 aliphatic carbocycles. The van der Waals surface area contributed by atoms with Crippen LogP contribution in [0.5, 0.6) is 0 Å². The summed E-state index contributed by atoms with van der Waals surface area (Å²) in [5.74, 6) is 1.01. The van der Waals surface area contributed by atoms with E-state index in [1.165, 1.54) is 0 Å². The van der Waals surface area contributed by atoms with E-state index in [4.69, 9.17) is 21.8 Å². The molecule has 1 aliphatic heterocycles. The third-order valence-electron chi connectivity index (χ3n) is 4.31. The third-order valence-corrected chi connectivity index (χ3v) is 4.63. The lowest BCUT2D eigenvalue weighted by molar-refractivity contribution is 0.0972. The van der Waals surface area contributed by atoms with Crippen molar-refractivity contribution in [3.05, 3.63) is 52.9 Å². The van der Waals surface area contributed by atoms with Gasteiger partial charge in [-0.2, -0.15) is 0 Å². The number of carbonyl (C=O) groups is 1. The lowest BCUT2D eigenvalue weighted by Crippen LogP contribution is -2.52. The number of anilines is 1. The van der Waals surface area contributed by atoms with E-state index >= 15 is 0 Å². The van der Waals surface area contributed by atoms with Crippen molar-refractivity contribution in [1.82, 2.24) is 10.2 Å². The van der Waals surface area contributed by atoms with E-state index in [1.807, 2.05) is 24.3 Å². The van der Waals surface area contributed by atoms with Crippen LogP contribution >= 0.6 is 35.6 Å². The zero-order valence-electron chi connectivity index (χ0n) is 15.0. The summed E-state index contributed by atoms with van der Waals surface area (Å²) in [6.07, 6.45) is 0. The molecule has 27 heavy (non-hydrogen) atoms. The molecule has 0 saturated carbocycles. The van der Waals surface area contributed by atoms with Gasteiger partial charge >= 0.3 is 0 Å². The Morgan fingerprint density at radius 2 is 1.93 bits per heavy atom. The average Bonchev–Trinajstić information content (AvgIpc) is 3.13. The maximum atomic E-state index is 11.1. The maximum Gasteiger partial charge on any atom is 0.284 e. The number of benzene rings is 1. The number of hydrogen-bond donors (Lipinski definition) is 2. The normalized spacial score (nSPS) is 14.7. The Morgan fingerprint density at radius 1 is 1.22 bits per heavy atom. The molecular formula is C18H23ClIN5O2. The number of rotatable bonds is 4.